The van der Waals surface area contributed by atoms with E-state index in [0.29, 0.717) is 36.9 Å². The zero-order chi connectivity index (χ0) is 21.0. The number of hydrogen-bond donors (Lipinski definition) is 1. The normalized spacial score (nSPS) is 23.8. The molecule has 0 aromatic heterocycles. The molecule has 0 saturated carbocycles. The third-order valence-electron chi connectivity index (χ3n) is 6.30. The molecule has 2 aliphatic rings. The molecule has 7 heteroatoms. The van der Waals surface area contributed by atoms with Gasteiger partial charge in [0, 0.05) is 51.7 Å². The van der Waals surface area contributed by atoms with Crippen LogP contribution in [0.2, 0.25) is 0 Å². The molecule has 3 rings (SSSR count). The zero-order valence-electron chi connectivity index (χ0n) is 17.8. The van der Waals surface area contributed by atoms with Crippen molar-refractivity contribution in [1.82, 2.24) is 14.7 Å². The Kier molecular flexibility index (Phi) is 7.14. The van der Waals surface area contributed by atoms with Gasteiger partial charge >= 0.3 is 5.97 Å². The topological polar surface area (TPSA) is 73.3 Å². The van der Waals surface area contributed by atoms with Crippen LogP contribution in [0.15, 0.2) is 18.2 Å². The quantitative estimate of drug-likeness (QED) is 0.783. The maximum atomic E-state index is 13.2. The van der Waals surface area contributed by atoms with Crippen molar-refractivity contribution in [3.63, 3.8) is 0 Å². The van der Waals surface area contributed by atoms with Crippen molar-refractivity contribution in [2.75, 3.05) is 53.4 Å². The molecule has 2 heterocycles. The van der Waals surface area contributed by atoms with Crippen molar-refractivity contribution in [2.45, 2.75) is 32.2 Å². The SMILES string of the molecule is COc1cc(C)ccc1C(=O)N1CCC(N2CCN(C)CC2)C(CCC(=O)O)C1. The van der Waals surface area contributed by atoms with Gasteiger partial charge in [-0.25, -0.2) is 0 Å². The molecule has 2 aliphatic heterocycles. The molecule has 1 N–H and O–H groups in total. The van der Waals surface area contributed by atoms with Crippen LogP contribution in [0.4, 0.5) is 0 Å². The van der Waals surface area contributed by atoms with E-state index in [2.05, 4.69) is 16.8 Å². The van der Waals surface area contributed by atoms with E-state index in [-0.39, 0.29) is 18.2 Å². The third-order valence-corrected chi connectivity index (χ3v) is 6.30. The van der Waals surface area contributed by atoms with Gasteiger partial charge in [-0.3, -0.25) is 14.5 Å². The Morgan fingerprint density at radius 1 is 1.17 bits per heavy atom. The van der Waals surface area contributed by atoms with Crippen LogP contribution in [0.3, 0.4) is 0 Å². The molecule has 2 unspecified atom stereocenters. The second-order valence-electron chi connectivity index (χ2n) is 8.34. The van der Waals surface area contributed by atoms with Gasteiger partial charge in [-0.1, -0.05) is 6.07 Å². The molecule has 2 atom stereocenters. The molecular formula is C22H33N3O4. The molecule has 1 aromatic rings. The number of carboxylic acids is 1. The predicted molar refractivity (Wildman–Crippen MR) is 111 cm³/mol. The molecule has 0 aliphatic carbocycles. The minimum absolute atomic E-state index is 0.0287. The van der Waals surface area contributed by atoms with Crippen molar-refractivity contribution in [2.24, 2.45) is 5.92 Å². The van der Waals surface area contributed by atoms with Crippen LogP contribution in [-0.2, 0) is 4.79 Å². The van der Waals surface area contributed by atoms with Crippen molar-refractivity contribution in [3.8, 4) is 5.75 Å². The second kappa shape index (κ2) is 9.59. The number of methoxy groups -OCH3 is 1. The summed E-state index contributed by atoms with van der Waals surface area (Å²) >= 11 is 0. The van der Waals surface area contributed by atoms with Gasteiger partial charge in [0.2, 0.25) is 0 Å². The van der Waals surface area contributed by atoms with E-state index in [0.717, 1.165) is 38.2 Å². The lowest BCUT2D eigenvalue weighted by molar-refractivity contribution is -0.137. The number of amides is 1. The van der Waals surface area contributed by atoms with Crippen molar-refractivity contribution < 1.29 is 19.4 Å². The lowest BCUT2D eigenvalue weighted by Gasteiger charge is -2.46. The Balaban J connectivity index is 1.74. The van der Waals surface area contributed by atoms with Crippen LogP contribution in [0.25, 0.3) is 0 Å². The Morgan fingerprint density at radius 3 is 2.55 bits per heavy atom. The number of likely N-dealkylation sites (tertiary alicyclic amines) is 1. The Labute approximate surface area is 173 Å². The van der Waals surface area contributed by atoms with E-state index in [4.69, 9.17) is 4.74 Å². The highest BCUT2D eigenvalue weighted by molar-refractivity contribution is 5.97. The van der Waals surface area contributed by atoms with Crippen LogP contribution < -0.4 is 4.74 Å². The van der Waals surface area contributed by atoms with Crippen LogP contribution in [0.1, 0.15) is 35.2 Å². The average Bonchev–Trinajstić information content (AvgIpc) is 2.72. The Hall–Kier alpha value is -2.12. The molecule has 0 bridgehead atoms. The highest BCUT2D eigenvalue weighted by Gasteiger charge is 2.36. The molecule has 160 valence electrons. The first-order valence-electron chi connectivity index (χ1n) is 10.5. The molecule has 1 amide bonds. The summed E-state index contributed by atoms with van der Waals surface area (Å²) in [5, 5.41) is 9.21. The summed E-state index contributed by atoms with van der Waals surface area (Å²) in [7, 11) is 3.72. The van der Waals surface area contributed by atoms with E-state index >= 15 is 0 Å². The molecule has 2 saturated heterocycles. The number of carbonyl (C=O) groups is 2. The largest absolute Gasteiger partial charge is 0.496 e. The van der Waals surface area contributed by atoms with Crippen LogP contribution in [-0.4, -0.2) is 91.2 Å². The Bertz CT molecular complexity index is 731. The van der Waals surface area contributed by atoms with Gasteiger partial charge in [0.1, 0.15) is 5.75 Å². The van der Waals surface area contributed by atoms with Gasteiger partial charge in [0.25, 0.3) is 5.91 Å². The number of piperidine rings is 1. The van der Waals surface area contributed by atoms with Crippen molar-refractivity contribution >= 4 is 11.9 Å². The predicted octanol–water partition coefficient (Wildman–Crippen LogP) is 1.95. The number of hydrogen-bond acceptors (Lipinski definition) is 5. The molecule has 2 fully saturated rings. The number of carboxylic acid groups (broad SMARTS) is 1. The van der Waals surface area contributed by atoms with E-state index in [1.54, 1.807) is 7.11 Å². The van der Waals surface area contributed by atoms with Crippen LogP contribution >= 0.6 is 0 Å². The second-order valence-corrected chi connectivity index (χ2v) is 8.34. The smallest absolute Gasteiger partial charge is 0.303 e. The molecule has 0 spiro atoms. The zero-order valence-corrected chi connectivity index (χ0v) is 17.8. The monoisotopic (exact) mass is 403 g/mol. The summed E-state index contributed by atoms with van der Waals surface area (Å²) in [6.07, 6.45) is 1.62. The number of aliphatic carboxylic acids is 1. The molecular weight excluding hydrogens is 370 g/mol. The van der Waals surface area contributed by atoms with Gasteiger partial charge in [-0.15, -0.1) is 0 Å². The molecule has 1 aromatic carbocycles. The minimum Gasteiger partial charge on any atom is -0.496 e. The fourth-order valence-corrected chi connectivity index (χ4v) is 4.58. The summed E-state index contributed by atoms with van der Waals surface area (Å²) < 4.78 is 5.43. The maximum absolute atomic E-state index is 13.2. The summed E-state index contributed by atoms with van der Waals surface area (Å²) in [6, 6.07) is 5.97. The third kappa shape index (κ3) is 5.28. The standard InChI is InChI=1S/C22H33N3O4/c1-16-4-6-18(20(14-16)29-3)22(28)25-9-8-19(17(15-25)5-7-21(26)27)24-12-10-23(2)11-13-24/h4,6,14,17,19H,5,7-13,15H2,1-3H3,(H,26,27). The van der Waals surface area contributed by atoms with Gasteiger partial charge in [-0.2, -0.15) is 0 Å². The number of carbonyl (C=O) groups excluding carboxylic acids is 1. The lowest BCUT2D eigenvalue weighted by Crippen LogP contribution is -2.57. The van der Waals surface area contributed by atoms with Crippen LogP contribution in [0.5, 0.6) is 5.75 Å². The van der Waals surface area contributed by atoms with E-state index < -0.39 is 5.97 Å². The highest BCUT2D eigenvalue weighted by Crippen LogP contribution is 2.30. The van der Waals surface area contributed by atoms with Crippen molar-refractivity contribution in [1.29, 1.82) is 0 Å². The minimum atomic E-state index is -0.772. The number of piperazine rings is 1. The highest BCUT2D eigenvalue weighted by atomic mass is 16.5. The van der Waals surface area contributed by atoms with E-state index in [1.807, 2.05) is 30.0 Å². The Morgan fingerprint density at radius 2 is 1.90 bits per heavy atom. The summed E-state index contributed by atoms with van der Waals surface area (Å²) in [4.78, 5) is 31.1. The number of rotatable bonds is 6. The van der Waals surface area contributed by atoms with Crippen molar-refractivity contribution in [3.05, 3.63) is 29.3 Å². The molecule has 7 nitrogen and oxygen atoms in total. The number of likely N-dealkylation sites (N-methyl/N-ethyl adjacent to an activating group) is 1. The fourth-order valence-electron chi connectivity index (χ4n) is 4.58. The van der Waals surface area contributed by atoms with Gasteiger partial charge in [0.15, 0.2) is 0 Å². The molecule has 29 heavy (non-hydrogen) atoms. The summed E-state index contributed by atoms with van der Waals surface area (Å²) in [5.74, 6) is -0.0355. The van der Waals surface area contributed by atoms with E-state index in [1.165, 1.54) is 0 Å². The number of nitrogens with zero attached hydrogens (tertiary/aromatic N) is 3. The number of benzene rings is 1. The number of ether oxygens (including phenoxy) is 1. The lowest BCUT2D eigenvalue weighted by atomic mass is 9.86. The first kappa shape index (κ1) is 21.6. The first-order valence-corrected chi connectivity index (χ1v) is 10.5. The summed E-state index contributed by atoms with van der Waals surface area (Å²) in [6.45, 7) is 7.34. The maximum Gasteiger partial charge on any atom is 0.303 e. The van der Waals surface area contributed by atoms with E-state index in [9.17, 15) is 14.7 Å². The number of aryl methyl sites for hydroxylation is 1. The van der Waals surface area contributed by atoms with Crippen LogP contribution in [0, 0.1) is 12.8 Å². The first-order chi connectivity index (χ1) is 13.9. The average molecular weight is 404 g/mol. The van der Waals surface area contributed by atoms with Gasteiger partial charge < -0.3 is 19.6 Å². The van der Waals surface area contributed by atoms with Gasteiger partial charge in [0.05, 0.1) is 12.7 Å². The summed E-state index contributed by atoms with van der Waals surface area (Å²) in [5.41, 5.74) is 1.62. The van der Waals surface area contributed by atoms with Gasteiger partial charge in [-0.05, 0) is 50.4 Å². The fraction of sp³-hybridized carbons (Fsp3) is 0.636. The molecule has 0 radical (unpaired) electrons.